The third-order valence-electron chi connectivity index (χ3n) is 7.85. The van der Waals surface area contributed by atoms with Crippen molar-refractivity contribution in [3.63, 3.8) is 0 Å². The molecular weight excluding hydrogens is 404 g/mol. The normalized spacial score (nSPS) is 24.7. The molecule has 4 fully saturated rings. The maximum atomic E-state index is 13.2. The van der Waals surface area contributed by atoms with E-state index in [0.717, 1.165) is 89.7 Å². The van der Waals surface area contributed by atoms with Gasteiger partial charge in [0.05, 0.1) is 25.1 Å². The zero-order valence-electron chi connectivity index (χ0n) is 19.3. The number of aromatic nitrogens is 2. The van der Waals surface area contributed by atoms with Gasteiger partial charge in [0.25, 0.3) is 0 Å². The van der Waals surface area contributed by atoms with Crippen LogP contribution in [-0.2, 0) is 9.53 Å². The van der Waals surface area contributed by atoms with Crippen LogP contribution in [0.1, 0.15) is 44.9 Å². The fraction of sp³-hybridized carbons (Fsp3) is 0.792. The van der Waals surface area contributed by atoms with Gasteiger partial charge in [0.15, 0.2) is 5.82 Å². The average molecular weight is 443 g/mol. The second kappa shape index (κ2) is 10.3. The average Bonchev–Trinajstić information content (AvgIpc) is 2.89. The highest BCUT2D eigenvalue weighted by Gasteiger charge is 2.33. The summed E-state index contributed by atoms with van der Waals surface area (Å²) in [6, 6.07) is 0.692. The first-order valence-corrected chi connectivity index (χ1v) is 12.7. The van der Waals surface area contributed by atoms with E-state index in [1.165, 1.54) is 32.4 Å². The van der Waals surface area contributed by atoms with Gasteiger partial charge in [-0.2, -0.15) is 0 Å². The molecule has 5 heterocycles. The lowest BCUT2D eigenvalue weighted by Crippen LogP contribution is -2.50. The fourth-order valence-electron chi connectivity index (χ4n) is 5.92. The van der Waals surface area contributed by atoms with Crippen molar-refractivity contribution >= 4 is 17.4 Å². The summed E-state index contributed by atoms with van der Waals surface area (Å²) in [7, 11) is 0. The predicted molar refractivity (Wildman–Crippen MR) is 125 cm³/mol. The van der Waals surface area contributed by atoms with Crippen LogP contribution in [-0.4, -0.2) is 97.3 Å². The zero-order chi connectivity index (χ0) is 21.8. The third-order valence-corrected chi connectivity index (χ3v) is 7.85. The van der Waals surface area contributed by atoms with Gasteiger partial charge in [0.2, 0.25) is 5.91 Å². The molecule has 1 amide bonds. The van der Waals surface area contributed by atoms with Crippen LogP contribution in [0.5, 0.6) is 0 Å². The molecule has 0 unspecified atom stereocenters. The largest absolute Gasteiger partial charge is 0.378 e. The van der Waals surface area contributed by atoms with Gasteiger partial charge in [0.1, 0.15) is 6.33 Å². The molecule has 176 valence electrons. The third kappa shape index (κ3) is 4.86. The van der Waals surface area contributed by atoms with Crippen molar-refractivity contribution in [1.29, 1.82) is 0 Å². The highest BCUT2D eigenvalue weighted by Crippen LogP contribution is 2.31. The Labute approximate surface area is 191 Å². The lowest BCUT2D eigenvalue weighted by Gasteiger charge is -2.42. The van der Waals surface area contributed by atoms with Gasteiger partial charge in [-0.25, -0.2) is 9.97 Å². The Hall–Kier alpha value is -1.93. The molecule has 32 heavy (non-hydrogen) atoms. The molecule has 1 aromatic heterocycles. The summed E-state index contributed by atoms with van der Waals surface area (Å²) < 4.78 is 5.50. The molecule has 8 nitrogen and oxygen atoms in total. The summed E-state index contributed by atoms with van der Waals surface area (Å²) in [6.07, 6.45) is 11.8. The monoisotopic (exact) mass is 442 g/mol. The van der Waals surface area contributed by atoms with Gasteiger partial charge in [-0.1, -0.05) is 6.42 Å². The van der Waals surface area contributed by atoms with Crippen LogP contribution in [0.15, 0.2) is 12.5 Å². The number of rotatable bonds is 4. The summed E-state index contributed by atoms with van der Waals surface area (Å²) in [5.74, 6) is 1.56. The highest BCUT2D eigenvalue weighted by molar-refractivity contribution is 5.79. The van der Waals surface area contributed by atoms with Crippen molar-refractivity contribution < 1.29 is 9.53 Å². The number of hydrogen-bond acceptors (Lipinski definition) is 7. The maximum absolute atomic E-state index is 13.2. The standard InChI is InChI=1S/C24H38N6O2/c31-24(30-12-6-21(7-13-30)27-8-2-1-3-9-27)20-4-10-28(11-5-20)22-18-25-19-26-23(22)29-14-16-32-17-15-29/h18-21H,1-17H2. The van der Waals surface area contributed by atoms with Crippen molar-refractivity contribution in [1.82, 2.24) is 19.8 Å². The number of nitrogens with zero attached hydrogens (tertiary/aromatic N) is 6. The number of piperidine rings is 3. The molecule has 4 aliphatic rings. The van der Waals surface area contributed by atoms with E-state index in [2.05, 4.69) is 29.6 Å². The smallest absolute Gasteiger partial charge is 0.225 e. The highest BCUT2D eigenvalue weighted by atomic mass is 16.5. The van der Waals surface area contributed by atoms with Crippen molar-refractivity contribution in [3.8, 4) is 0 Å². The SMILES string of the molecule is O=C(C1CCN(c2cncnc2N2CCOCC2)CC1)N1CCC(N2CCCCC2)CC1. The molecule has 8 heteroatoms. The molecule has 0 aromatic carbocycles. The van der Waals surface area contributed by atoms with E-state index < -0.39 is 0 Å². The summed E-state index contributed by atoms with van der Waals surface area (Å²) in [6.45, 7) is 9.40. The zero-order valence-corrected chi connectivity index (χ0v) is 19.3. The second-order valence-electron chi connectivity index (χ2n) is 9.75. The molecule has 0 saturated carbocycles. The molecule has 4 aliphatic heterocycles. The lowest BCUT2D eigenvalue weighted by molar-refractivity contribution is -0.137. The topological polar surface area (TPSA) is 65.0 Å². The van der Waals surface area contributed by atoms with Crippen LogP contribution >= 0.6 is 0 Å². The maximum Gasteiger partial charge on any atom is 0.225 e. The lowest BCUT2D eigenvalue weighted by atomic mass is 9.93. The number of likely N-dealkylation sites (tertiary alicyclic amines) is 2. The van der Waals surface area contributed by atoms with Gasteiger partial charge < -0.3 is 24.3 Å². The van der Waals surface area contributed by atoms with E-state index in [0.29, 0.717) is 11.9 Å². The Morgan fingerprint density at radius 1 is 0.844 bits per heavy atom. The number of amides is 1. The summed E-state index contributed by atoms with van der Waals surface area (Å²) in [5, 5.41) is 0. The Morgan fingerprint density at radius 3 is 2.28 bits per heavy atom. The minimum Gasteiger partial charge on any atom is -0.378 e. The minimum atomic E-state index is 0.161. The summed E-state index contributed by atoms with van der Waals surface area (Å²) >= 11 is 0. The molecule has 0 bridgehead atoms. The summed E-state index contributed by atoms with van der Waals surface area (Å²) in [4.78, 5) is 31.6. The van der Waals surface area contributed by atoms with Crippen LogP contribution in [0.3, 0.4) is 0 Å². The van der Waals surface area contributed by atoms with Crippen LogP contribution < -0.4 is 9.80 Å². The van der Waals surface area contributed by atoms with E-state index in [1.807, 2.05) is 6.20 Å². The number of anilines is 2. The predicted octanol–water partition coefficient (Wildman–Crippen LogP) is 2.01. The quantitative estimate of drug-likeness (QED) is 0.707. The Bertz CT molecular complexity index is 749. The molecule has 5 rings (SSSR count). The van der Waals surface area contributed by atoms with Crippen molar-refractivity contribution in [2.24, 2.45) is 5.92 Å². The van der Waals surface area contributed by atoms with E-state index in [4.69, 9.17) is 4.74 Å². The molecule has 4 saturated heterocycles. The summed E-state index contributed by atoms with van der Waals surface area (Å²) in [5.41, 5.74) is 1.10. The van der Waals surface area contributed by atoms with Crippen molar-refractivity contribution in [3.05, 3.63) is 12.5 Å². The number of ether oxygens (including phenoxy) is 1. The first kappa shape index (κ1) is 21.9. The van der Waals surface area contributed by atoms with Gasteiger partial charge >= 0.3 is 0 Å². The molecule has 0 radical (unpaired) electrons. The molecular formula is C24H38N6O2. The molecule has 0 aliphatic carbocycles. The van der Waals surface area contributed by atoms with Gasteiger partial charge in [-0.3, -0.25) is 4.79 Å². The van der Waals surface area contributed by atoms with Gasteiger partial charge in [-0.15, -0.1) is 0 Å². The molecule has 0 atom stereocenters. The van der Waals surface area contributed by atoms with E-state index in [9.17, 15) is 4.79 Å². The Balaban J connectivity index is 1.13. The van der Waals surface area contributed by atoms with E-state index >= 15 is 0 Å². The van der Waals surface area contributed by atoms with Crippen LogP contribution in [0.4, 0.5) is 11.5 Å². The Kier molecular flexibility index (Phi) is 7.07. The number of hydrogen-bond donors (Lipinski definition) is 0. The second-order valence-corrected chi connectivity index (χ2v) is 9.75. The van der Waals surface area contributed by atoms with Crippen LogP contribution in [0.2, 0.25) is 0 Å². The first-order chi connectivity index (χ1) is 15.8. The first-order valence-electron chi connectivity index (χ1n) is 12.7. The van der Waals surface area contributed by atoms with E-state index in [1.54, 1.807) is 6.33 Å². The molecule has 1 aromatic rings. The molecule has 0 spiro atoms. The van der Waals surface area contributed by atoms with Crippen molar-refractivity contribution in [2.45, 2.75) is 51.0 Å². The van der Waals surface area contributed by atoms with Crippen LogP contribution in [0.25, 0.3) is 0 Å². The molecule has 0 N–H and O–H groups in total. The van der Waals surface area contributed by atoms with Gasteiger partial charge in [0, 0.05) is 51.2 Å². The minimum absolute atomic E-state index is 0.161. The van der Waals surface area contributed by atoms with Crippen LogP contribution in [0, 0.1) is 5.92 Å². The number of carbonyl (C=O) groups is 1. The number of carbonyl (C=O) groups excluding carboxylic acids is 1. The Morgan fingerprint density at radius 2 is 1.56 bits per heavy atom. The van der Waals surface area contributed by atoms with E-state index in [-0.39, 0.29) is 5.92 Å². The van der Waals surface area contributed by atoms with Crippen molar-refractivity contribution in [2.75, 3.05) is 75.4 Å². The fourth-order valence-corrected chi connectivity index (χ4v) is 5.92. The number of morpholine rings is 1. The van der Waals surface area contributed by atoms with Gasteiger partial charge in [-0.05, 0) is 51.6 Å².